The molecule has 0 radical (unpaired) electrons. The van der Waals surface area contributed by atoms with E-state index in [-0.39, 0.29) is 5.91 Å². The topological polar surface area (TPSA) is 41.1 Å². The van der Waals surface area contributed by atoms with Crippen LogP contribution in [0.4, 0.5) is 0 Å². The van der Waals surface area contributed by atoms with Crippen molar-refractivity contribution in [1.29, 1.82) is 0 Å². The summed E-state index contributed by atoms with van der Waals surface area (Å²) in [6.45, 7) is 7.00. The van der Waals surface area contributed by atoms with E-state index in [4.69, 9.17) is 0 Å². The van der Waals surface area contributed by atoms with Crippen LogP contribution >= 0.6 is 0 Å². The van der Waals surface area contributed by atoms with Gasteiger partial charge in [-0.3, -0.25) is 4.79 Å². The van der Waals surface area contributed by atoms with Gasteiger partial charge in [0.2, 0.25) is 5.91 Å². The smallest absolute Gasteiger partial charge is 0.234 e. The molecule has 2 unspecified atom stereocenters. The molecule has 4 aliphatic carbocycles. The predicted molar refractivity (Wildman–Crippen MR) is 86.0 cm³/mol. The third kappa shape index (κ3) is 3.13. The van der Waals surface area contributed by atoms with Crippen LogP contribution in [0.5, 0.6) is 0 Å². The predicted octanol–water partition coefficient (Wildman–Crippen LogP) is 3.10. The molecule has 21 heavy (non-hydrogen) atoms. The molecule has 0 aliphatic heterocycles. The fourth-order valence-corrected chi connectivity index (χ4v) is 5.56. The zero-order valence-corrected chi connectivity index (χ0v) is 14.0. The summed E-state index contributed by atoms with van der Waals surface area (Å²) in [5, 5.41) is 6.61. The van der Waals surface area contributed by atoms with Crippen molar-refractivity contribution in [1.82, 2.24) is 10.6 Å². The van der Waals surface area contributed by atoms with Crippen LogP contribution in [0.3, 0.4) is 0 Å². The molecule has 4 saturated carbocycles. The van der Waals surface area contributed by atoms with Gasteiger partial charge < -0.3 is 10.6 Å². The molecule has 0 aromatic heterocycles. The molecule has 4 fully saturated rings. The molecule has 0 aromatic rings. The second-order valence-electron chi connectivity index (χ2n) is 8.26. The van der Waals surface area contributed by atoms with Crippen LogP contribution in [0.25, 0.3) is 0 Å². The van der Waals surface area contributed by atoms with E-state index >= 15 is 0 Å². The molecule has 1 amide bonds. The van der Waals surface area contributed by atoms with Crippen LogP contribution in [-0.4, -0.2) is 24.5 Å². The maximum atomic E-state index is 12.2. The third-order valence-electron chi connectivity index (χ3n) is 6.61. The highest BCUT2D eigenvalue weighted by molar-refractivity contribution is 5.78. The monoisotopic (exact) mass is 292 g/mol. The Bertz CT molecular complexity index is 357. The summed E-state index contributed by atoms with van der Waals surface area (Å²) < 4.78 is 0. The lowest BCUT2D eigenvalue weighted by Crippen LogP contribution is -2.56. The van der Waals surface area contributed by atoms with Crippen molar-refractivity contribution in [2.24, 2.45) is 23.2 Å². The van der Waals surface area contributed by atoms with E-state index in [9.17, 15) is 4.79 Å². The minimum absolute atomic E-state index is 0.179. The molecule has 2 N–H and O–H groups in total. The number of amides is 1. The van der Waals surface area contributed by atoms with Crippen LogP contribution < -0.4 is 10.6 Å². The number of hydrogen-bond donors (Lipinski definition) is 2. The molecule has 120 valence electrons. The molecule has 3 nitrogen and oxygen atoms in total. The standard InChI is InChI=1S/C18H32N2O/c1-4-12(2)19-11-17(21)20-13(3)18-8-14-5-15(9-18)7-16(6-14)10-18/h12-16,19H,4-11H2,1-3H3,(H,20,21). The molecular formula is C18H32N2O. The summed E-state index contributed by atoms with van der Waals surface area (Å²) in [5.41, 5.74) is 0.417. The zero-order valence-electron chi connectivity index (χ0n) is 14.0. The number of rotatable bonds is 6. The van der Waals surface area contributed by atoms with E-state index in [0.717, 1.165) is 24.2 Å². The van der Waals surface area contributed by atoms with Gasteiger partial charge in [0.15, 0.2) is 0 Å². The number of hydrogen-bond acceptors (Lipinski definition) is 2. The Labute approximate surface area is 129 Å². The van der Waals surface area contributed by atoms with Gasteiger partial charge in [0.1, 0.15) is 0 Å². The first-order valence-electron chi connectivity index (χ1n) is 9.03. The fourth-order valence-electron chi connectivity index (χ4n) is 5.56. The van der Waals surface area contributed by atoms with E-state index in [0.29, 0.717) is 24.0 Å². The van der Waals surface area contributed by atoms with Crippen LogP contribution in [0.2, 0.25) is 0 Å². The highest BCUT2D eigenvalue weighted by Crippen LogP contribution is 2.61. The van der Waals surface area contributed by atoms with Crippen LogP contribution in [0.15, 0.2) is 0 Å². The minimum Gasteiger partial charge on any atom is -0.352 e. The van der Waals surface area contributed by atoms with E-state index in [1.54, 1.807) is 0 Å². The lowest BCUT2D eigenvalue weighted by Gasteiger charge is -2.59. The van der Waals surface area contributed by atoms with Gasteiger partial charge in [-0.15, -0.1) is 0 Å². The van der Waals surface area contributed by atoms with Crippen molar-refractivity contribution in [2.75, 3.05) is 6.54 Å². The van der Waals surface area contributed by atoms with Crippen molar-refractivity contribution in [3.63, 3.8) is 0 Å². The van der Waals surface area contributed by atoms with E-state index in [2.05, 4.69) is 31.4 Å². The Morgan fingerprint density at radius 1 is 1.10 bits per heavy atom. The number of nitrogens with one attached hydrogen (secondary N) is 2. The summed E-state index contributed by atoms with van der Waals surface area (Å²) in [6.07, 6.45) is 9.55. The van der Waals surface area contributed by atoms with Gasteiger partial charge in [0.05, 0.1) is 6.54 Å². The van der Waals surface area contributed by atoms with Crippen LogP contribution in [0, 0.1) is 23.2 Å². The van der Waals surface area contributed by atoms with Gasteiger partial charge in [-0.2, -0.15) is 0 Å². The lowest BCUT2D eigenvalue weighted by atomic mass is 9.48. The Balaban J connectivity index is 1.55. The Morgan fingerprint density at radius 2 is 1.62 bits per heavy atom. The summed E-state index contributed by atoms with van der Waals surface area (Å²) >= 11 is 0. The Hall–Kier alpha value is -0.570. The van der Waals surface area contributed by atoms with E-state index in [1.807, 2.05) is 0 Å². The van der Waals surface area contributed by atoms with Crippen molar-refractivity contribution in [3.8, 4) is 0 Å². The fraction of sp³-hybridized carbons (Fsp3) is 0.944. The van der Waals surface area contributed by atoms with E-state index < -0.39 is 0 Å². The second-order valence-corrected chi connectivity index (χ2v) is 8.26. The van der Waals surface area contributed by atoms with Crippen molar-refractivity contribution >= 4 is 5.91 Å². The van der Waals surface area contributed by atoms with Crippen LogP contribution in [0.1, 0.15) is 65.7 Å². The van der Waals surface area contributed by atoms with Crippen molar-refractivity contribution < 1.29 is 4.79 Å². The summed E-state index contributed by atoms with van der Waals surface area (Å²) in [4.78, 5) is 12.2. The van der Waals surface area contributed by atoms with Crippen molar-refractivity contribution in [2.45, 2.75) is 77.8 Å². The lowest BCUT2D eigenvalue weighted by molar-refractivity contribution is -0.125. The number of carbonyl (C=O) groups excluding carboxylic acids is 1. The second kappa shape index (κ2) is 5.91. The molecule has 0 heterocycles. The third-order valence-corrected chi connectivity index (χ3v) is 6.61. The first-order chi connectivity index (χ1) is 10.0. The molecule has 0 spiro atoms. The largest absolute Gasteiger partial charge is 0.352 e. The maximum Gasteiger partial charge on any atom is 0.234 e. The Kier molecular flexibility index (Phi) is 4.31. The van der Waals surface area contributed by atoms with E-state index in [1.165, 1.54) is 38.5 Å². The highest BCUT2D eigenvalue weighted by atomic mass is 16.2. The maximum absolute atomic E-state index is 12.2. The molecule has 3 heteroatoms. The molecule has 4 rings (SSSR count). The molecule has 2 atom stereocenters. The molecule has 0 aromatic carbocycles. The summed E-state index contributed by atoms with van der Waals surface area (Å²) in [5.74, 6) is 3.04. The van der Waals surface area contributed by atoms with Gasteiger partial charge in [-0.1, -0.05) is 6.92 Å². The quantitative estimate of drug-likeness (QED) is 0.790. The van der Waals surface area contributed by atoms with Gasteiger partial charge in [-0.25, -0.2) is 0 Å². The summed E-state index contributed by atoms with van der Waals surface area (Å²) in [6, 6.07) is 0.766. The zero-order chi connectivity index (χ0) is 15.0. The first-order valence-corrected chi connectivity index (χ1v) is 9.03. The Morgan fingerprint density at radius 3 is 2.10 bits per heavy atom. The molecule has 0 saturated heterocycles. The molecular weight excluding hydrogens is 260 g/mol. The van der Waals surface area contributed by atoms with Crippen LogP contribution in [-0.2, 0) is 4.79 Å². The number of carbonyl (C=O) groups is 1. The highest BCUT2D eigenvalue weighted by Gasteiger charge is 2.53. The van der Waals surface area contributed by atoms with Gasteiger partial charge in [0.25, 0.3) is 0 Å². The summed E-state index contributed by atoms with van der Waals surface area (Å²) in [7, 11) is 0. The molecule has 4 aliphatic rings. The average molecular weight is 292 g/mol. The molecule has 4 bridgehead atoms. The average Bonchev–Trinajstić information content (AvgIpc) is 2.43. The first kappa shape index (κ1) is 15.3. The van der Waals surface area contributed by atoms with Crippen molar-refractivity contribution in [3.05, 3.63) is 0 Å². The normalized spacial score (nSPS) is 40.0. The SMILES string of the molecule is CCC(C)NCC(=O)NC(C)C12CC3CC(CC(C3)C1)C2. The minimum atomic E-state index is 0.179. The van der Waals surface area contributed by atoms with Gasteiger partial charge in [-0.05, 0) is 82.0 Å². The van der Waals surface area contributed by atoms with Gasteiger partial charge >= 0.3 is 0 Å². The van der Waals surface area contributed by atoms with Gasteiger partial charge in [0, 0.05) is 12.1 Å².